The highest BCUT2D eigenvalue weighted by atomic mass is 28.3. The van der Waals surface area contributed by atoms with E-state index in [1.165, 1.54) is 5.56 Å². The van der Waals surface area contributed by atoms with E-state index in [-0.39, 0.29) is 11.6 Å². The zero-order valence-electron chi connectivity index (χ0n) is 10.2. The van der Waals surface area contributed by atoms with E-state index in [1.807, 2.05) is 6.07 Å². The third-order valence-corrected chi connectivity index (χ3v) is 7.53. The summed E-state index contributed by atoms with van der Waals surface area (Å²) >= 11 is 0. The Labute approximate surface area is 94.2 Å². The van der Waals surface area contributed by atoms with E-state index in [0.717, 1.165) is 6.42 Å². The topological polar surface area (TPSA) is 20.2 Å². The van der Waals surface area contributed by atoms with Gasteiger partial charge in [0.25, 0.3) is 0 Å². The van der Waals surface area contributed by atoms with Crippen LogP contribution in [0.15, 0.2) is 30.3 Å². The van der Waals surface area contributed by atoms with Crippen molar-refractivity contribution in [3.8, 4) is 0 Å². The molecule has 0 aliphatic carbocycles. The van der Waals surface area contributed by atoms with Crippen molar-refractivity contribution in [1.82, 2.24) is 0 Å². The van der Waals surface area contributed by atoms with Crippen LogP contribution in [0, 0.1) is 0 Å². The second-order valence-electron chi connectivity index (χ2n) is 5.42. The monoisotopic (exact) mass is 222 g/mol. The summed E-state index contributed by atoms with van der Waals surface area (Å²) in [5, 5.41) is 9.42. The first-order valence-corrected chi connectivity index (χ1v) is 9.08. The van der Waals surface area contributed by atoms with Crippen LogP contribution >= 0.6 is 0 Å². The molecule has 1 atom stereocenters. The van der Waals surface area contributed by atoms with Gasteiger partial charge in [0.2, 0.25) is 0 Å². The maximum absolute atomic E-state index is 9.25. The number of hydrogen-bond acceptors (Lipinski definition) is 1. The normalized spacial score (nSPS) is 16.1. The van der Waals surface area contributed by atoms with Gasteiger partial charge < -0.3 is 5.11 Å². The predicted octanol–water partition coefficient (Wildman–Crippen LogP) is 3.20. The van der Waals surface area contributed by atoms with E-state index < -0.39 is 8.07 Å². The molecule has 0 bridgehead atoms. The Morgan fingerprint density at radius 2 is 1.67 bits per heavy atom. The zero-order valence-corrected chi connectivity index (χ0v) is 11.2. The van der Waals surface area contributed by atoms with Crippen molar-refractivity contribution >= 4 is 8.07 Å². The lowest BCUT2D eigenvalue weighted by molar-refractivity contribution is 0.267. The number of benzene rings is 1. The third-order valence-electron chi connectivity index (χ3n) is 3.68. The van der Waals surface area contributed by atoms with Crippen molar-refractivity contribution in [2.45, 2.75) is 38.0 Å². The van der Waals surface area contributed by atoms with Gasteiger partial charge in [-0.05, 0) is 17.0 Å². The van der Waals surface area contributed by atoms with E-state index in [9.17, 15) is 5.11 Å². The van der Waals surface area contributed by atoms with Crippen LogP contribution < -0.4 is 0 Å². The number of aliphatic hydroxyl groups excluding tert-OH is 1. The number of rotatable bonds is 4. The average molecular weight is 222 g/mol. The van der Waals surface area contributed by atoms with Gasteiger partial charge in [0.1, 0.15) is 0 Å². The van der Waals surface area contributed by atoms with Crippen molar-refractivity contribution in [1.29, 1.82) is 0 Å². The molecular formula is C13H22OSi. The summed E-state index contributed by atoms with van der Waals surface area (Å²) in [4.78, 5) is 0. The molecule has 0 amide bonds. The molecule has 0 saturated heterocycles. The second-order valence-corrected chi connectivity index (χ2v) is 11.0. The van der Waals surface area contributed by atoms with Gasteiger partial charge in [-0.3, -0.25) is 0 Å². The fraction of sp³-hybridized carbons (Fsp3) is 0.538. The van der Waals surface area contributed by atoms with Crippen LogP contribution in [0.5, 0.6) is 0 Å². The van der Waals surface area contributed by atoms with E-state index in [1.54, 1.807) is 0 Å². The molecule has 0 aliphatic rings. The SMILES string of the molecule is C[C@](CCO)(c1ccccc1)[Si](C)(C)C. The second kappa shape index (κ2) is 4.50. The summed E-state index contributed by atoms with van der Waals surface area (Å²) < 4.78 is 0. The maximum atomic E-state index is 9.25. The van der Waals surface area contributed by atoms with Gasteiger partial charge in [-0.1, -0.05) is 56.9 Å². The van der Waals surface area contributed by atoms with Crippen LogP contribution in [0.2, 0.25) is 19.6 Å². The first-order chi connectivity index (χ1) is 6.92. The average Bonchev–Trinajstić information content (AvgIpc) is 2.18. The highest BCUT2D eigenvalue weighted by Gasteiger charge is 2.39. The van der Waals surface area contributed by atoms with Crippen molar-refractivity contribution in [2.75, 3.05) is 6.61 Å². The predicted molar refractivity (Wildman–Crippen MR) is 68.8 cm³/mol. The molecule has 1 aromatic rings. The highest BCUT2D eigenvalue weighted by Crippen LogP contribution is 2.36. The third kappa shape index (κ3) is 2.50. The molecule has 0 heterocycles. The van der Waals surface area contributed by atoms with Crippen LogP contribution in [0.3, 0.4) is 0 Å². The van der Waals surface area contributed by atoms with Crippen LogP contribution in [0.25, 0.3) is 0 Å². The molecule has 1 N–H and O–H groups in total. The van der Waals surface area contributed by atoms with E-state index in [2.05, 4.69) is 50.8 Å². The lowest BCUT2D eigenvalue weighted by Crippen LogP contribution is -2.47. The lowest BCUT2D eigenvalue weighted by atomic mass is 9.97. The number of aliphatic hydroxyl groups is 1. The van der Waals surface area contributed by atoms with Crippen LogP contribution in [0.4, 0.5) is 0 Å². The minimum Gasteiger partial charge on any atom is -0.396 e. The Balaban J connectivity index is 3.13. The van der Waals surface area contributed by atoms with Crippen LogP contribution in [-0.2, 0) is 5.04 Å². The standard InChI is InChI=1S/C13H22OSi/c1-13(10-11-14,15(2,3)4)12-8-6-5-7-9-12/h5-9,14H,10-11H2,1-4H3/t13-/m0/s1. The zero-order chi connectivity index (χ0) is 11.5. The molecule has 84 valence electrons. The molecule has 1 aromatic carbocycles. The molecule has 0 fully saturated rings. The van der Waals surface area contributed by atoms with Gasteiger partial charge in [-0.25, -0.2) is 0 Å². The fourth-order valence-electron chi connectivity index (χ4n) is 1.98. The van der Waals surface area contributed by atoms with Crippen molar-refractivity contribution in [3.63, 3.8) is 0 Å². The minimum atomic E-state index is -1.33. The van der Waals surface area contributed by atoms with Crippen LogP contribution in [-0.4, -0.2) is 19.8 Å². The molecule has 0 spiro atoms. The summed E-state index contributed by atoms with van der Waals surface area (Å²) in [6, 6.07) is 10.6. The van der Waals surface area contributed by atoms with Gasteiger partial charge in [0.15, 0.2) is 0 Å². The largest absolute Gasteiger partial charge is 0.396 e. The molecule has 0 unspecified atom stereocenters. The molecular weight excluding hydrogens is 200 g/mol. The van der Waals surface area contributed by atoms with E-state index in [0.29, 0.717) is 0 Å². The Bertz CT molecular complexity index is 302. The number of hydrogen-bond donors (Lipinski definition) is 1. The van der Waals surface area contributed by atoms with Gasteiger partial charge in [0, 0.05) is 6.61 Å². The molecule has 15 heavy (non-hydrogen) atoms. The first kappa shape index (κ1) is 12.5. The first-order valence-electron chi connectivity index (χ1n) is 5.58. The molecule has 1 rings (SSSR count). The molecule has 0 radical (unpaired) electrons. The summed E-state index contributed by atoms with van der Waals surface area (Å²) in [5.41, 5.74) is 1.37. The summed E-state index contributed by atoms with van der Waals surface area (Å²) in [7, 11) is -1.33. The fourth-order valence-corrected chi connectivity index (χ4v) is 3.88. The lowest BCUT2D eigenvalue weighted by Gasteiger charge is -2.41. The molecule has 0 saturated carbocycles. The highest BCUT2D eigenvalue weighted by molar-refractivity contribution is 6.79. The Morgan fingerprint density at radius 1 is 1.13 bits per heavy atom. The van der Waals surface area contributed by atoms with Crippen molar-refractivity contribution in [2.24, 2.45) is 0 Å². The Kier molecular flexibility index (Phi) is 3.74. The molecule has 0 aliphatic heterocycles. The van der Waals surface area contributed by atoms with Gasteiger partial charge in [0.05, 0.1) is 8.07 Å². The molecule has 2 heteroatoms. The van der Waals surface area contributed by atoms with Crippen LogP contribution in [0.1, 0.15) is 18.9 Å². The van der Waals surface area contributed by atoms with E-state index in [4.69, 9.17) is 0 Å². The van der Waals surface area contributed by atoms with E-state index >= 15 is 0 Å². The van der Waals surface area contributed by atoms with Gasteiger partial charge in [-0.15, -0.1) is 0 Å². The summed E-state index contributed by atoms with van der Waals surface area (Å²) in [6.45, 7) is 9.68. The van der Waals surface area contributed by atoms with Gasteiger partial charge in [-0.2, -0.15) is 0 Å². The Morgan fingerprint density at radius 3 is 2.07 bits per heavy atom. The van der Waals surface area contributed by atoms with Gasteiger partial charge >= 0.3 is 0 Å². The summed E-state index contributed by atoms with van der Waals surface area (Å²) in [5.74, 6) is 0. The van der Waals surface area contributed by atoms with Crippen molar-refractivity contribution in [3.05, 3.63) is 35.9 Å². The minimum absolute atomic E-state index is 0.170. The maximum Gasteiger partial charge on any atom is 0.0554 e. The smallest absolute Gasteiger partial charge is 0.0554 e. The van der Waals surface area contributed by atoms with Crippen molar-refractivity contribution < 1.29 is 5.11 Å². The molecule has 1 nitrogen and oxygen atoms in total. The molecule has 0 aromatic heterocycles. The Hall–Kier alpha value is -0.603. The quantitative estimate of drug-likeness (QED) is 0.776. The summed E-state index contributed by atoms with van der Waals surface area (Å²) in [6.07, 6.45) is 0.868.